The molecule has 138 valence electrons. The molecule has 1 aromatic carbocycles. The van der Waals surface area contributed by atoms with Crippen molar-refractivity contribution >= 4 is 23.5 Å². The maximum absolute atomic E-state index is 13.1. The number of halogens is 2. The van der Waals surface area contributed by atoms with Crippen LogP contribution in [-0.4, -0.2) is 46.3 Å². The molecule has 2 aromatic rings. The first-order valence-electron chi connectivity index (χ1n) is 8.43. The van der Waals surface area contributed by atoms with Crippen molar-refractivity contribution in [3.8, 4) is 5.69 Å². The highest BCUT2D eigenvalue weighted by atomic mass is 35.5. The Morgan fingerprint density at radius 2 is 1.85 bits per heavy atom. The molecule has 2 heterocycles. The Balaban J connectivity index is 1.71. The number of likely N-dealkylation sites (tertiary alicyclic amines) is 1. The molecule has 3 rings (SSSR count). The molecule has 1 aliphatic rings. The standard InChI is InChI=1S/C18H19ClFN3O3/c1-12-16(17(19)23(21-12)14-7-5-13(20)6-8-14)18(25)26-11-15(24)22-9-3-2-4-10-22/h5-8H,2-4,9-11H2,1H3. The Kier molecular flexibility index (Phi) is 5.56. The van der Waals surface area contributed by atoms with E-state index < -0.39 is 5.97 Å². The van der Waals surface area contributed by atoms with Gasteiger partial charge in [0.1, 0.15) is 16.5 Å². The van der Waals surface area contributed by atoms with Gasteiger partial charge in [0.05, 0.1) is 11.4 Å². The van der Waals surface area contributed by atoms with Crippen LogP contribution in [0.25, 0.3) is 5.69 Å². The third kappa shape index (κ3) is 3.88. The van der Waals surface area contributed by atoms with Gasteiger partial charge in [-0.15, -0.1) is 0 Å². The first-order valence-corrected chi connectivity index (χ1v) is 8.81. The molecule has 0 bridgehead atoms. The van der Waals surface area contributed by atoms with Crippen LogP contribution in [-0.2, 0) is 9.53 Å². The van der Waals surface area contributed by atoms with Gasteiger partial charge in [0.15, 0.2) is 6.61 Å². The number of piperidine rings is 1. The van der Waals surface area contributed by atoms with Gasteiger partial charge in [-0.3, -0.25) is 4.79 Å². The van der Waals surface area contributed by atoms with Gasteiger partial charge in [-0.25, -0.2) is 13.9 Å². The lowest BCUT2D eigenvalue weighted by atomic mass is 10.1. The first kappa shape index (κ1) is 18.4. The van der Waals surface area contributed by atoms with E-state index in [-0.39, 0.29) is 29.0 Å². The number of esters is 1. The van der Waals surface area contributed by atoms with Crippen LogP contribution in [0.3, 0.4) is 0 Å². The number of amides is 1. The molecule has 0 unspecified atom stereocenters. The number of rotatable bonds is 4. The van der Waals surface area contributed by atoms with Gasteiger partial charge in [0, 0.05) is 13.1 Å². The van der Waals surface area contributed by atoms with E-state index in [1.165, 1.54) is 28.9 Å². The molecular weight excluding hydrogens is 361 g/mol. The van der Waals surface area contributed by atoms with Crippen LogP contribution in [0.2, 0.25) is 5.15 Å². The number of benzene rings is 1. The van der Waals surface area contributed by atoms with E-state index in [1.54, 1.807) is 11.8 Å². The lowest BCUT2D eigenvalue weighted by Crippen LogP contribution is -2.38. The highest BCUT2D eigenvalue weighted by Crippen LogP contribution is 2.24. The molecule has 1 amide bonds. The van der Waals surface area contributed by atoms with Crippen molar-refractivity contribution in [1.82, 2.24) is 14.7 Å². The molecule has 1 aromatic heterocycles. The van der Waals surface area contributed by atoms with Crippen molar-refractivity contribution in [2.75, 3.05) is 19.7 Å². The lowest BCUT2D eigenvalue weighted by Gasteiger charge is -2.26. The van der Waals surface area contributed by atoms with E-state index in [0.29, 0.717) is 24.5 Å². The van der Waals surface area contributed by atoms with Gasteiger partial charge < -0.3 is 9.64 Å². The summed E-state index contributed by atoms with van der Waals surface area (Å²) in [5.74, 6) is -1.30. The van der Waals surface area contributed by atoms with Gasteiger partial charge in [-0.1, -0.05) is 11.6 Å². The molecule has 1 fully saturated rings. The number of aromatic nitrogens is 2. The number of aryl methyl sites for hydroxylation is 1. The smallest absolute Gasteiger partial charge is 0.343 e. The van der Waals surface area contributed by atoms with E-state index in [0.717, 1.165) is 19.3 Å². The summed E-state index contributed by atoms with van der Waals surface area (Å²) in [6, 6.07) is 5.56. The van der Waals surface area contributed by atoms with Gasteiger partial charge >= 0.3 is 5.97 Å². The normalized spacial score (nSPS) is 14.3. The maximum Gasteiger partial charge on any atom is 0.343 e. The number of carbonyl (C=O) groups excluding carboxylic acids is 2. The minimum Gasteiger partial charge on any atom is -0.452 e. The predicted octanol–water partition coefficient (Wildman–Crippen LogP) is 3.14. The van der Waals surface area contributed by atoms with Crippen molar-refractivity contribution in [1.29, 1.82) is 0 Å². The van der Waals surface area contributed by atoms with Gasteiger partial charge in [-0.05, 0) is 50.5 Å². The zero-order valence-electron chi connectivity index (χ0n) is 14.4. The molecule has 0 atom stereocenters. The molecule has 0 radical (unpaired) electrons. The summed E-state index contributed by atoms with van der Waals surface area (Å²) < 4.78 is 19.6. The number of hydrogen-bond donors (Lipinski definition) is 0. The van der Waals surface area contributed by atoms with Crippen LogP contribution < -0.4 is 0 Å². The monoisotopic (exact) mass is 379 g/mol. The van der Waals surface area contributed by atoms with Crippen molar-refractivity contribution < 1.29 is 18.7 Å². The average molecular weight is 380 g/mol. The molecular formula is C18H19ClFN3O3. The Hall–Kier alpha value is -2.41. The third-order valence-electron chi connectivity index (χ3n) is 4.31. The van der Waals surface area contributed by atoms with Crippen molar-refractivity contribution in [3.05, 3.63) is 46.5 Å². The van der Waals surface area contributed by atoms with E-state index in [9.17, 15) is 14.0 Å². The Labute approximate surface area is 155 Å². The first-order chi connectivity index (χ1) is 12.5. The summed E-state index contributed by atoms with van der Waals surface area (Å²) in [4.78, 5) is 26.2. The van der Waals surface area contributed by atoms with Crippen LogP contribution in [0, 0.1) is 12.7 Å². The molecule has 6 nitrogen and oxygen atoms in total. The molecule has 1 saturated heterocycles. The number of ether oxygens (including phenoxy) is 1. The molecule has 1 aliphatic heterocycles. The Morgan fingerprint density at radius 3 is 2.50 bits per heavy atom. The zero-order chi connectivity index (χ0) is 18.7. The summed E-state index contributed by atoms with van der Waals surface area (Å²) in [6.07, 6.45) is 3.05. The SMILES string of the molecule is Cc1nn(-c2ccc(F)cc2)c(Cl)c1C(=O)OCC(=O)N1CCCCC1. The fourth-order valence-corrected chi connectivity index (χ4v) is 3.27. The van der Waals surface area contributed by atoms with E-state index >= 15 is 0 Å². The highest BCUT2D eigenvalue weighted by Gasteiger charge is 2.24. The van der Waals surface area contributed by atoms with Crippen molar-refractivity contribution in [3.63, 3.8) is 0 Å². The van der Waals surface area contributed by atoms with Crippen LogP contribution in [0.5, 0.6) is 0 Å². The Morgan fingerprint density at radius 1 is 1.19 bits per heavy atom. The summed E-state index contributed by atoms with van der Waals surface area (Å²) in [5, 5.41) is 4.27. The number of carbonyl (C=O) groups is 2. The minimum absolute atomic E-state index is 0.0597. The summed E-state index contributed by atoms with van der Waals surface area (Å²) in [6.45, 7) is 2.68. The molecule has 0 N–H and O–H groups in total. The van der Waals surface area contributed by atoms with E-state index in [2.05, 4.69) is 5.10 Å². The molecule has 0 saturated carbocycles. The highest BCUT2D eigenvalue weighted by molar-refractivity contribution is 6.33. The quantitative estimate of drug-likeness (QED) is 0.765. The zero-order valence-corrected chi connectivity index (χ0v) is 15.1. The lowest BCUT2D eigenvalue weighted by molar-refractivity contribution is -0.135. The third-order valence-corrected chi connectivity index (χ3v) is 4.66. The molecule has 8 heteroatoms. The summed E-state index contributed by atoms with van der Waals surface area (Å²) in [5.41, 5.74) is 0.986. The summed E-state index contributed by atoms with van der Waals surface area (Å²) in [7, 11) is 0. The summed E-state index contributed by atoms with van der Waals surface area (Å²) >= 11 is 6.27. The fourth-order valence-electron chi connectivity index (χ4n) is 2.92. The van der Waals surface area contributed by atoms with Gasteiger partial charge in [-0.2, -0.15) is 5.10 Å². The van der Waals surface area contributed by atoms with Crippen molar-refractivity contribution in [2.24, 2.45) is 0 Å². The van der Waals surface area contributed by atoms with Crippen LogP contribution >= 0.6 is 11.6 Å². The van der Waals surface area contributed by atoms with Crippen LogP contribution in [0.4, 0.5) is 4.39 Å². The minimum atomic E-state index is -0.703. The van der Waals surface area contributed by atoms with E-state index in [1.807, 2.05) is 0 Å². The van der Waals surface area contributed by atoms with Crippen LogP contribution in [0.15, 0.2) is 24.3 Å². The number of hydrogen-bond acceptors (Lipinski definition) is 4. The molecule has 0 aliphatic carbocycles. The van der Waals surface area contributed by atoms with Gasteiger partial charge in [0.25, 0.3) is 5.91 Å². The molecule has 26 heavy (non-hydrogen) atoms. The average Bonchev–Trinajstić information content (AvgIpc) is 2.95. The second-order valence-electron chi connectivity index (χ2n) is 6.16. The largest absolute Gasteiger partial charge is 0.452 e. The second-order valence-corrected chi connectivity index (χ2v) is 6.52. The Bertz CT molecular complexity index is 814. The van der Waals surface area contributed by atoms with Crippen molar-refractivity contribution in [2.45, 2.75) is 26.2 Å². The van der Waals surface area contributed by atoms with Crippen LogP contribution in [0.1, 0.15) is 35.3 Å². The number of nitrogens with zero attached hydrogens (tertiary/aromatic N) is 3. The topological polar surface area (TPSA) is 64.4 Å². The fraction of sp³-hybridized carbons (Fsp3) is 0.389. The maximum atomic E-state index is 13.1. The predicted molar refractivity (Wildman–Crippen MR) is 94.0 cm³/mol. The van der Waals surface area contributed by atoms with Gasteiger partial charge in [0.2, 0.25) is 0 Å². The second kappa shape index (κ2) is 7.86. The molecule has 0 spiro atoms. The van der Waals surface area contributed by atoms with E-state index in [4.69, 9.17) is 16.3 Å².